The molecule has 0 aromatic heterocycles. The van der Waals surface area contributed by atoms with Gasteiger partial charge in [-0.05, 0) is 40.3 Å². The smallest absolute Gasteiger partial charge is 0.445 e. The van der Waals surface area contributed by atoms with E-state index in [2.05, 4.69) is 12.1 Å². The summed E-state index contributed by atoms with van der Waals surface area (Å²) >= 11 is 0. The van der Waals surface area contributed by atoms with Gasteiger partial charge in [-0.2, -0.15) is 0 Å². The maximum Gasteiger partial charge on any atom is 0.508 e. The van der Waals surface area contributed by atoms with Crippen molar-refractivity contribution in [3.8, 4) is 11.1 Å². The molecule has 0 radical (unpaired) electrons. The van der Waals surface area contributed by atoms with Crippen LogP contribution in [0.5, 0.6) is 0 Å². The number of aliphatic hydroxyl groups is 1. The number of benzene rings is 4. The largest absolute Gasteiger partial charge is 0.508 e. The van der Waals surface area contributed by atoms with Crippen molar-refractivity contribution >= 4 is 12.2 Å². The highest BCUT2D eigenvalue weighted by molar-refractivity contribution is 5.79. The molecule has 1 N–H and O–H groups in total. The summed E-state index contributed by atoms with van der Waals surface area (Å²) in [6.45, 7) is 2.56. The van der Waals surface area contributed by atoms with Gasteiger partial charge in [-0.15, -0.1) is 0 Å². The fraction of sp³-hybridized carbons (Fsp3) is 0.316. The number of aliphatic hydroxyl groups excluding tert-OH is 1. The highest BCUT2D eigenvalue weighted by atomic mass is 16.8. The van der Waals surface area contributed by atoms with Crippen molar-refractivity contribution in [2.45, 2.75) is 57.0 Å². The minimum absolute atomic E-state index is 0.0747. The molecule has 9 heteroatoms. The Bertz CT molecular complexity index is 1590. The van der Waals surface area contributed by atoms with Gasteiger partial charge < -0.3 is 33.7 Å². The van der Waals surface area contributed by atoms with Gasteiger partial charge in [-0.3, -0.25) is 0 Å². The molecule has 1 fully saturated rings. The first kappa shape index (κ1) is 32.2. The van der Waals surface area contributed by atoms with E-state index in [0.29, 0.717) is 6.54 Å². The van der Waals surface area contributed by atoms with Crippen molar-refractivity contribution in [1.82, 2.24) is 4.90 Å². The molecule has 2 aliphatic rings. The number of ether oxygens (including phenoxy) is 5. The zero-order valence-electron chi connectivity index (χ0n) is 26.3. The average molecular weight is 638 g/mol. The van der Waals surface area contributed by atoms with E-state index in [1.165, 1.54) is 0 Å². The first-order chi connectivity index (χ1) is 23.0. The summed E-state index contributed by atoms with van der Waals surface area (Å²) in [5.74, 6) is -0.118. The van der Waals surface area contributed by atoms with Gasteiger partial charge in [0.1, 0.15) is 13.2 Å². The number of hydrogen-bond donors (Lipinski definition) is 1. The van der Waals surface area contributed by atoms with Crippen LogP contribution in [-0.4, -0.2) is 66.6 Å². The molecule has 6 rings (SSSR count). The van der Waals surface area contributed by atoms with Crippen molar-refractivity contribution in [2.24, 2.45) is 0 Å². The molecule has 0 bridgehead atoms. The third-order valence-electron chi connectivity index (χ3n) is 8.57. The lowest BCUT2D eigenvalue weighted by atomic mass is 9.98. The van der Waals surface area contributed by atoms with Gasteiger partial charge in [0.15, 0.2) is 12.4 Å². The van der Waals surface area contributed by atoms with Crippen molar-refractivity contribution in [3.05, 3.63) is 131 Å². The lowest BCUT2D eigenvalue weighted by Crippen LogP contribution is -2.49. The summed E-state index contributed by atoms with van der Waals surface area (Å²) in [6, 6.07) is 35.3. The van der Waals surface area contributed by atoms with E-state index in [9.17, 15) is 14.7 Å². The Labute approximate surface area is 274 Å². The maximum atomic E-state index is 13.1. The number of rotatable bonds is 11. The highest BCUT2D eigenvalue weighted by Crippen LogP contribution is 2.44. The second-order valence-electron chi connectivity index (χ2n) is 11.8. The third kappa shape index (κ3) is 8.00. The summed E-state index contributed by atoms with van der Waals surface area (Å²) in [5, 5.41) is 10.5. The number of hydrogen-bond acceptors (Lipinski definition) is 8. The van der Waals surface area contributed by atoms with Gasteiger partial charge in [0.25, 0.3) is 0 Å². The van der Waals surface area contributed by atoms with Crippen LogP contribution in [0.1, 0.15) is 41.5 Å². The van der Waals surface area contributed by atoms with E-state index in [1.807, 2.05) is 97.1 Å². The van der Waals surface area contributed by atoms with Crippen LogP contribution in [0.15, 0.2) is 109 Å². The second-order valence-corrected chi connectivity index (χ2v) is 11.8. The van der Waals surface area contributed by atoms with Crippen molar-refractivity contribution < 1.29 is 38.4 Å². The molecule has 1 aliphatic heterocycles. The molecule has 0 saturated carbocycles. The molecule has 1 aliphatic carbocycles. The topological polar surface area (TPSA) is 104 Å². The number of amides is 1. The van der Waals surface area contributed by atoms with Crippen molar-refractivity contribution in [2.75, 3.05) is 19.8 Å². The van der Waals surface area contributed by atoms with E-state index < -0.39 is 36.9 Å². The van der Waals surface area contributed by atoms with Crippen LogP contribution in [-0.2, 0) is 36.8 Å². The van der Waals surface area contributed by atoms with E-state index in [-0.39, 0.29) is 38.7 Å². The summed E-state index contributed by atoms with van der Waals surface area (Å²) in [7, 11) is 0. The van der Waals surface area contributed by atoms with Crippen molar-refractivity contribution in [1.29, 1.82) is 0 Å². The van der Waals surface area contributed by atoms with E-state index >= 15 is 0 Å². The van der Waals surface area contributed by atoms with Crippen LogP contribution >= 0.6 is 0 Å². The summed E-state index contributed by atoms with van der Waals surface area (Å²) < 4.78 is 28.9. The van der Waals surface area contributed by atoms with E-state index in [0.717, 1.165) is 33.4 Å². The predicted molar refractivity (Wildman–Crippen MR) is 174 cm³/mol. The molecule has 9 nitrogen and oxygen atoms in total. The molecular weight excluding hydrogens is 598 g/mol. The average Bonchev–Trinajstić information content (AvgIpc) is 3.42. The molecule has 1 heterocycles. The van der Waals surface area contributed by atoms with Gasteiger partial charge in [0.2, 0.25) is 0 Å². The zero-order valence-corrected chi connectivity index (χ0v) is 26.3. The quantitative estimate of drug-likeness (QED) is 0.182. The predicted octanol–water partition coefficient (Wildman–Crippen LogP) is 6.67. The first-order valence-corrected chi connectivity index (χ1v) is 15.9. The van der Waals surface area contributed by atoms with Crippen LogP contribution in [0.3, 0.4) is 0 Å². The maximum absolute atomic E-state index is 13.1. The lowest BCUT2D eigenvalue weighted by Gasteiger charge is -2.37. The minimum Gasteiger partial charge on any atom is -0.445 e. The Hall–Kier alpha value is -4.70. The summed E-state index contributed by atoms with van der Waals surface area (Å²) in [5.41, 5.74) is 6.26. The molecule has 1 amide bonds. The normalized spacial score (nSPS) is 20.1. The molecular formula is C38H39NO8. The minimum atomic E-state index is -0.965. The Morgan fingerprint density at radius 1 is 0.809 bits per heavy atom. The van der Waals surface area contributed by atoms with Gasteiger partial charge in [-0.25, -0.2) is 9.59 Å². The van der Waals surface area contributed by atoms with Crippen LogP contribution in [0, 0.1) is 0 Å². The monoisotopic (exact) mass is 637 g/mol. The van der Waals surface area contributed by atoms with Crippen LogP contribution in [0.25, 0.3) is 11.1 Å². The van der Waals surface area contributed by atoms with Gasteiger partial charge in [0, 0.05) is 25.4 Å². The molecule has 1 saturated heterocycles. The van der Waals surface area contributed by atoms with Gasteiger partial charge in [0.05, 0.1) is 18.8 Å². The summed E-state index contributed by atoms with van der Waals surface area (Å²) in [4.78, 5) is 27.7. The van der Waals surface area contributed by atoms with Gasteiger partial charge >= 0.3 is 12.2 Å². The third-order valence-corrected chi connectivity index (χ3v) is 8.57. The lowest BCUT2D eigenvalue weighted by molar-refractivity contribution is -0.263. The van der Waals surface area contributed by atoms with Crippen molar-refractivity contribution in [3.63, 3.8) is 0 Å². The molecule has 4 atom stereocenters. The first-order valence-electron chi connectivity index (χ1n) is 15.9. The molecule has 4 aromatic carbocycles. The molecule has 2 unspecified atom stereocenters. The van der Waals surface area contributed by atoms with E-state index in [1.54, 1.807) is 11.8 Å². The Morgan fingerprint density at radius 2 is 1.40 bits per heavy atom. The molecule has 47 heavy (non-hydrogen) atoms. The van der Waals surface area contributed by atoms with Crippen LogP contribution < -0.4 is 0 Å². The summed E-state index contributed by atoms with van der Waals surface area (Å²) in [6.07, 6.45) is -4.52. The molecule has 4 aromatic rings. The zero-order chi connectivity index (χ0) is 32.6. The fourth-order valence-corrected chi connectivity index (χ4v) is 6.06. The Kier molecular flexibility index (Phi) is 10.5. The molecule has 0 spiro atoms. The number of carbonyl (C=O) groups is 2. The van der Waals surface area contributed by atoms with Crippen LogP contribution in [0.2, 0.25) is 0 Å². The Morgan fingerprint density at radius 3 is 2.06 bits per heavy atom. The Balaban J connectivity index is 1.06. The highest BCUT2D eigenvalue weighted by Gasteiger charge is 2.39. The molecule has 244 valence electrons. The van der Waals surface area contributed by atoms with Crippen LogP contribution in [0.4, 0.5) is 9.59 Å². The SMILES string of the molecule is CC1O[C@@H](OCCN(Cc2ccccc2)C(=O)OCc2ccccc2)C(OC(=O)OCC2c3ccccc3-c3ccccc32)C[C@@H]1O. The van der Waals surface area contributed by atoms with E-state index in [4.69, 9.17) is 23.7 Å². The number of carbonyl (C=O) groups excluding carboxylic acids is 2. The fourth-order valence-electron chi connectivity index (χ4n) is 6.06. The number of nitrogens with zero attached hydrogens (tertiary/aromatic N) is 1. The second kappa shape index (κ2) is 15.3. The van der Waals surface area contributed by atoms with Gasteiger partial charge in [-0.1, -0.05) is 109 Å². The number of fused-ring (bicyclic) bond motifs is 3. The standard InChI is InChI=1S/C38H39NO8/c1-26-34(40)22-35(47-38(42)45-25-33-31-18-10-8-16-29(31)30-17-9-11-19-32(30)33)36(46-26)43-21-20-39(23-27-12-4-2-5-13-27)37(41)44-24-28-14-6-3-7-15-28/h2-19,26,33-36,40H,20-25H2,1H3/t26?,34-,35?,36+/m0/s1.